The van der Waals surface area contributed by atoms with Crippen LogP contribution in [0.4, 0.5) is 10.8 Å². The molecule has 0 spiro atoms. The van der Waals surface area contributed by atoms with Gasteiger partial charge in [0.15, 0.2) is 15.7 Å². The Bertz CT molecular complexity index is 650. The fraction of sp³-hybridized carbons (Fsp3) is 0.769. The Morgan fingerprint density at radius 3 is 2.62 bits per heavy atom. The number of aromatic nitrogens is 1. The molecular formula is C13H21N3O3S2. The molecule has 3 rings (SSSR count). The molecule has 2 saturated carbocycles. The maximum atomic E-state index is 12.5. The van der Waals surface area contributed by atoms with Gasteiger partial charge in [-0.15, -0.1) is 0 Å². The first-order valence-electron chi connectivity index (χ1n) is 7.07. The third-order valence-corrected chi connectivity index (χ3v) is 7.94. The molecule has 0 saturated heterocycles. The lowest BCUT2D eigenvalue weighted by Crippen LogP contribution is -2.57. The lowest BCUT2D eigenvalue weighted by atomic mass is 9.64. The van der Waals surface area contributed by atoms with Gasteiger partial charge in [-0.05, 0) is 30.8 Å². The number of nitrogens with one attached hydrogen (secondary N) is 1. The average molecular weight is 331 g/mol. The Hall–Kier alpha value is -0.860. The zero-order valence-electron chi connectivity index (χ0n) is 12.4. The van der Waals surface area contributed by atoms with Crippen LogP contribution in [0.5, 0.6) is 0 Å². The van der Waals surface area contributed by atoms with Crippen molar-refractivity contribution in [3.63, 3.8) is 0 Å². The van der Waals surface area contributed by atoms with E-state index in [1.807, 2.05) is 0 Å². The van der Waals surface area contributed by atoms with Crippen LogP contribution in [0.2, 0.25) is 0 Å². The molecule has 0 amide bonds. The Morgan fingerprint density at radius 2 is 2.10 bits per heavy atom. The van der Waals surface area contributed by atoms with Gasteiger partial charge in [-0.25, -0.2) is 8.42 Å². The summed E-state index contributed by atoms with van der Waals surface area (Å²) in [6, 6.07) is 0.162. The highest BCUT2D eigenvalue weighted by molar-refractivity contribution is 7.92. The minimum atomic E-state index is -3.34. The smallest absolute Gasteiger partial charge is 0.187 e. The van der Waals surface area contributed by atoms with E-state index in [1.54, 1.807) is 7.11 Å². The average Bonchev–Trinajstić information content (AvgIpc) is 3.19. The van der Waals surface area contributed by atoms with Crippen LogP contribution in [0.1, 0.15) is 33.1 Å². The van der Waals surface area contributed by atoms with Gasteiger partial charge in [0.25, 0.3) is 0 Å². The number of hydrogen-bond acceptors (Lipinski definition) is 7. The van der Waals surface area contributed by atoms with Crippen molar-refractivity contribution < 1.29 is 13.2 Å². The Kier molecular flexibility index (Phi) is 3.46. The summed E-state index contributed by atoms with van der Waals surface area (Å²) in [7, 11) is -1.64. The second kappa shape index (κ2) is 4.82. The number of sulfone groups is 1. The van der Waals surface area contributed by atoms with E-state index in [4.69, 9.17) is 10.5 Å². The van der Waals surface area contributed by atoms with E-state index < -0.39 is 9.84 Å². The molecule has 0 aliphatic heterocycles. The molecule has 2 atom stereocenters. The highest BCUT2D eigenvalue weighted by Crippen LogP contribution is 2.47. The van der Waals surface area contributed by atoms with Gasteiger partial charge in [0, 0.05) is 18.6 Å². The number of hydrogen-bond donors (Lipinski definition) is 2. The van der Waals surface area contributed by atoms with Crippen molar-refractivity contribution in [2.45, 2.75) is 55.4 Å². The number of anilines is 2. The quantitative estimate of drug-likeness (QED) is 0.855. The predicted octanol–water partition coefficient (Wildman–Crippen LogP) is 1.89. The second-order valence-corrected chi connectivity index (χ2v) is 9.39. The van der Waals surface area contributed by atoms with Gasteiger partial charge >= 0.3 is 0 Å². The third-order valence-electron chi connectivity index (χ3n) is 4.69. The number of methoxy groups -OCH3 is 1. The van der Waals surface area contributed by atoms with E-state index in [0.717, 1.165) is 30.8 Å². The summed E-state index contributed by atoms with van der Waals surface area (Å²) in [6.45, 7) is 4.23. The molecule has 2 fully saturated rings. The van der Waals surface area contributed by atoms with Crippen molar-refractivity contribution in [1.82, 2.24) is 4.37 Å². The number of rotatable bonds is 5. The van der Waals surface area contributed by atoms with Crippen molar-refractivity contribution in [1.29, 1.82) is 0 Å². The summed E-state index contributed by atoms with van der Waals surface area (Å²) >= 11 is 1.13. The lowest BCUT2D eigenvalue weighted by molar-refractivity contribution is -0.0794. The monoisotopic (exact) mass is 331 g/mol. The van der Waals surface area contributed by atoms with Crippen LogP contribution >= 0.6 is 11.5 Å². The van der Waals surface area contributed by atoms with Gasteiger partial charge in [0.2, 0.25) is 0 Å². The summed E-state index contributed by atoms with van der Waals surface area (Å²) < 4.78 is 34.4. The van der Waals surface area contributed by atoms with Crippen molar-refractivity contribution in [3.05, 3.63) is 0 Å². The van der Waals surface area contributed by atoms with Crippen LogP contribution in [0.3, 0.4) is 0 Å². The molecular weight excluding hydrogens is 310 g/mol. The maximum absolute atomic E-state index is 12.5. The molecule has 6 nitrogen and oxygen atoms in total. The molecule has 2 aliphatic rings. The SMILES string of the molecule is COC1CC(Nc2snc(N)c2S(=O)(=O)C2CC2)C1(C)C. The summed E-state index contributed by atoms with van der Waals surface area (Å²) in [5.41, 5.74) is 5.76. The number of nitrogens with two attached hydrogens (primary N) is 1. The van der Waals surface area contributed by atoms with Crippen molar-refractivity contribution in [2.75, 3.05) is 18.2 Å². The number of ether oxygens (including phenoxy) is 1. The molecule has 1 heterocycles. The Morgan fingerprint density at radius 1 is 1.43 bits per heavy atom. The van der Waals surface area contributed by atoms with Crippen molar-refractivity contribution in [3.8, 4) is 0 Å². The topological polar surface area (TPSA) is 94.3 Å². The predicted molar refractivity (Wildman–Crippen MR) is 83.3 cm³/mol. The molecule has 0 bridgehead atoms. The normalized spacial score (nSPS) is 28.1. The minimum Gasteiger partial charge on any atom is -0.382 e. The zero-order valence-corrected chi connectivity index (χ0v) is 14.1. The van der Waals surface area contributed by atoms with Gasteiger partial charge < -0.3 is 15.8 Å². The van der Waals surface area contributed by atoms with E-state index in [-0.39, 0.29) is 33.5 Å². The maximum Gasteiger partial charge on any atom is 0.187 e. The van der Waals surface area contributed by atoms with E-state index in [9.17, 15) is 8.42 Å². The molecule has 1 aromatic heterocycles. The minimum absolute atomic E-state index is 0.0475. The first-order valence-corrected chi connectivity index (χ1v) is 9.38. The largest absolute Gasteiger partial charge is 0.382 e. The number of nitrogen functional groups attached to an aromatic ring is 1. The van der Waals surface area contributed by atoms with E-state index in [1.165, 1.54) is 0 Å². The Labute approximate surface area is 129 Å². The van der Waals surface area contributed by atoms with Crippen LogP contribution < -0.4 is 11.1 Å². The first kappa shape index (κ1) is 15.1. The molecule has 0 aromatic carbocycles. The van der Waals surface area contributed by atoms with Gasteiger partial charge in [-0.2, -0.15) is 4.37 Å². The molecule has 21 heavy (non-hydrogen) atoms. The van der Waals surface area contributed by atoms with Crippen LogP contribution in [-0.2, 0) is 14.6 Å². The van der Waals surface area contributed by atoms with Crippen LogP contribution in [-0.4, -0.2) is 37.3 Å². The summed E-state index contributed by atoms with van der Waals surface area (Å²) in [5.74, 6) is 0.120. The molecule has 3 N–H and O–H groups in total. The summed E-state index contributed by atoms with van der Waals surface area (Å²) in [5, 5.41) is 3.62. The van der Waals surface area contributed by atoms with Gasteiger partial charge in [0.05, 0.1) is 11.4 Å². The van der Waals surface area contributed by atoms with Crippen LogP contribution in [0.15, 0.2) is 4.90 Å². The zero-order chi connectivity index (χ0) is 15.4. The van der Waals surface area contributed by atoms with Crippen LogP contribution in [0.25, 0.3) is 0 Å². The van der Waals surface area contributed by atoms with Gasteiger partial charge in [-0.3, -0.25) is 0 Å². The third kappa shape index (κ3) is 2.33. The molecule has 2 aliphatic carbocycles. The fourth-order valence-corrected chi connectivity index (χ4v) is 5.82. The molecule has 118 valence electrons. The van der Waals surface area contributed by atoms with Gasteiger partial charge in [-0.1, -0.05) is 13.8 Å². The standard InChI is InChI=1S/C13H21N3O3S2/c1-13(2)8(6-9(13)19-3)15-12-10(11(14)16-20-12)21(17,18)7-4-5-7/h7-9,15H,4-6H2,1-3H3,(H2,14,16). The first-order chi connectivity index (χ1) is 9.78. The Balaban J connectivity index is 1.85. The summed E-state index contributed by atoms with van der Waals surface area (Å²) in [6.07, 6.45) is 2.48. The highest BCUT2D eigenvalue weighted by atomic mass is 32.2. The molecule has 0 radical (unpaired) electrons. The number of nitrogens with zero attached hydrogens (tertiary/aromatic N) is 1. The fourth-order valence-electron chi connectivity index (χ4n) is 2.89. The molecule has 1 aromatic rings. The molecule has 8 heteroatoms. The van der Waals surface area contributed by atoms with Gasteiger partial charge in [0.1, 0.15) is 9.90 Å². The highest BCUT2D eigenvalue weighted by Gasteiger charge is 2.49. The van der Waals surface area contributed by atoms with E-state index in [2.05, 4.69) is 23.5 Å². The summed E-state index contributed by atoms with van der Waals surface area (Å²) in [4.78, 5) is 0.201. The van der Waals surface area contributed by atoms with E-state index >= 15 is 0 Å². The molecule has 2 unspecified atom stereocenters. The lowest BCUT2D eigenvalue weighted by Gasteiger charge is -2.51. The van der Waals surface area contributed by atoms with Crippen LogP contribution in [0, 0.1) is 5.41 Å². The second-order valence-electron chi connectivity index (χ2n) is 6.45. The van der Waals surface area contributed by atoms with Crippen molar-refractivity contribution in [2.24, 2.45) is 5.41 Å². The van der Waals surface area contributed by atoms with E-state index in [0.29, 0.717) is 5.00 Å². The van der Waals surface area contributed by atoms with Crippen molar-refractivity contribution >= 4 is 32.2 Å².